The first kappa shape index (κ1) is 13.8. The molecule has 0 fully saturated rings. The molecule has 19 heavy (non-hydrogen) atoms. The average Bonchev–Trinajstić information content (AvgIpc) is 2.38. The maximum absolute atomic E-state index is 10.2. The van der Waals surface area contributed by atoms with E-state index in [0.717, 1.165) is 21.3 Å². The van der Waals surface area contributed by atoms with Gasteiger partial charge in [0.15, 0.2) is 0 Å². The highest BCUT2D eigenvalue weighted by Crippen LogP contribution is 2.29. The standard InChI is InChI=1S/C14H15BrN2O2/c1-19-13-3-2-10(8-11(13)15)12(18)6-9-4-5-17-14(16)7-9/h2-5,7-8,12,18H,6H2,1H3,(H2,16,17). The Morgan fingerprint density at radius 1 is 1.37 bits per heavy atom. The van der Waals surface area contributed by atoms with Gasteiger partial charge in [-0.1, -0.05) is 6.07 Å². The van der Waals surface area contributed by atoms with Crippen molar-refractivity contribution in [1.29, 1.82) is 0 Å². The summed E-state index contributed by atoms with van der Waals surface area (Å²) in [4.78, 5) is 3.93. The number of aliphatic hydroxyl groups is 1. The average molecular weight is 323 g/mol. The van der Waals surface area contributed by atoms with Crippen LogP contribution in [0.25, 0.3) is 0 Å². The van der Waals surface area contributed by atoms with Gasteiger partial charge in [-0.2, -0.15) is 0 Å². The van der Waals surface area contributed by atoms with E-state index in [9.17, 15) is 5.11 Å². The summed E-state index contributed by atoms with van der Waals surface area (Å²) in [5, 5.41) is 10.2. The molecule has 0 amide bonds. The van der Waals surface area contributed by atoms with E-state index in [2.05, 4.69) is 20.9 Å². The van der Waals surface area contributed by atoms with Crippen LogP contribution < -0.4 is 10.5 Å². The number of methoxy groups -OCH3 is 1. The van der Waals surface area contributed by atoms with Crippen LogP contribution in [0.15, 0.2) is 41.0 Å². The smallest absolute Gasteiger partial charge is 0.133 e. The molecule has 1 atom stereocenters. The summed E-state index contributed by atoms with van der Waals surface area (Å²) in [5.41, 5.74) is 7.39. The van der Waals surface area contributed by atoms with E-state index in [0.29, 0.717) is 12.2 Å². The molecule has 4 nitrogen and oxygen atoms in total. The highest BCUT2D eigenvalue weighted by atomic mass is 79.9. The van der Waals surface area contributed by atoms with Gasteiger partial charge in [-0.3, -0.25) is 0 Å². The van der Waals surface area contributed by atoms with Crippen molar-refractivity contribution in [1.82, 2.24) is 4.98 Å². The summed E-state index contributed by atoms with van der Waals surface area (Å²) in [7, 11) is 1.61. The first-order valence-electron chi connectivity index (χ1n) is 5.82. The highest BCUT2D eigenvalue weighted by molar-refractivity contribution is 9.10. The van der Waals surface area contributed by atoms with Crippen molar-refractivity contribution in [2.45, 2.75) is 12.5 Å². The predicted molar refractivity (Wildman–Crippen MR) is 78.0 cm³/mol. The maximum atomic E-state index is 10.2. The lowest BCUT2D eigenvalue weighted by molar-refractivity contribution is 0.178. The van der Waals surface area contributed by atoms with Crippen LogP contribution in [0.5, 0.6) is 5.75 Å². The van der Waals surface area contributed by atoms with Crippen LogP contribution in [0.3, 0.4) is 0 Å². The number of aromatic nitrogens is 1. The topological polar surface area (TPSA) is 68.4 Å². The van der Waals surface area contributed by atoms with Gasteiger partial charge in [0.25, 0.3) is 0 Å². The third kappa shape index (κ3) is 3.45. The number of nitrogens with zero attached hydrogens (tertiary/aromatic N) is 1. The molecule has 1 aromatic carbocycles. The van der Waals surface area contributed by atoms with Crippen molar-refractivity contribution in [3.63, 3.8) is 0 Å². The van der Waals surface area contributed by atoms with Crippen molar-refractivity contribution in [3.8, 4) is 5.75 Å². The molecular weight excluding hydrogens is 308 g/mol. The largest absolute Gasteiger partial charge is 0.496 e. The van der Waals surface area contributed by atoms with E-state index in [-0.39, 0.29) is 0 Å². The summed E-state index contributed by atoms with van der Waals surface area (Å²) in [6.07, 6.45) is 1.54. The van der Waals surface area contributed by atoms with Crippen LogP contribution in [0, 0.1) is 0 Å². The van der Waals surface area contributed by atoms with Crippen molar-refractivity contribution < 1.29 is 9.84 Å². The molecule has 1 heterocycles. The maximum Gasteiger partial charge on any atom is 0.133 e. The van der Waals surface area contributed by atoms with Gasteiger partial charge in [-0.05, 0) is 51.3 Å². The molecule has 0 aliphatic heterocycles. The predicted octanol–water partition coefficient (Wildman–Crippen LogP) is 2.71. The lowest BCUT2D eigenvalue weighted by Crippen LogP contribution is -2.03. The molecule has 0 bridgehead atoms. The lowest BCUT2D eigenvalue weighted by atomic mass is 10.0. The third-order valence-corrected chi connectivity index (χ3v) is 3.45. The number of nitrogens with two attached hydrogens (primary N) is 1. The Hall–Kier alpha value is -1.59. The van der Waals surface area contributed by atoms with Crippen molar-refractivity contribution in [2.75, 3.05) is 12.8 Å². The number of nitrogen functional groups attached to an aromatic ring is 1. The van der Waals surface area contributed by atoms with E-state index in [1.165, 1.54) is 0 Å². The molecule has 0 saturated carbocycles. The zero-order valence-corrected chi connectivity index (χ0v) is 12.1. The van der Waals surface area contributed by atoms with Crippen LogP contribution in [0.1, 0.15) is 17.2 Å². The van der Waals surface area contributed by atoms with Gasteiger partial charge in [0.2, 0.25) is 0 Å². The van der Waals surface area contributed by atoms with Gasteiger partial charge in [-0.15, -0.1) is 0 Å². The first-order chi connectivity index (χ1) is 9.10. The third-order valence-electron chi connectivity index (χ3n) is 2.84. The Labute approximate surface area is 120 Å². The summed E-state index contributed by atoms with van der Waals surface area (Å²) < 4.78 is 5.98. The fraction of sp³-hybridized carbons (Fsp3) is 0.214. The number of anilines is 1. The summed E-state index contributed by atoms with van der Waals surface area (Å²) in [6.45, 7) is 0. The normalized spacial score (nSPS) is 12.2. The number of rotatable bonds is 4. The molecule has 1 aromatic heterocycles. The van der Waals surface area contributed by atoms with Gasteiger partial charge in [0.05, 0.1) is 17.7 Å². The van der Waals surface area contributed by atoms with E-state index < -0.39 is 6.10 Å². The van der Waals surface area contributed by atoms with E-state index in [4.69, 9.17) is 10.5 Å². The minimum Gasteiger partial charge on any atom is -0.496 e. The number of hydrogen-bond donors (Lipinski definition) is 2. The minimum atomic E-state index is -0.594. The monoisotopic (exact) mass is 322 g/mol. The Morgan fingerprint density at radius 3 is 2.79 bits per heavy atom. The number of ether oxygens (including phenoxy) is 1. The van der Waals surface area contributed by atoms with Gasteiger partial charge >= 0.3 is 0 Å². The van der Waals surface area contributed by atoms with Gasteiger partial charge in [-0.25, -0.2) is 4.98 Å². The number of halogens is 1. The Balaban J connectivity index is 2.15. The molecule has 2 aromatic rings. The zero-order chi connectivity index (χ0) is 13.8. The van der Waals surface area contributed by atoms with Gasteiger partial charge in [0.1, 0.15) is 11.6 Å². The first-order valence-corrected chi connectivity index (χ1v) is 6.61. The molecule has 0 spiro atoms. The molecular formula is C14H15BrN2O2. The van der Waals surface area contributed by atoms with Crippen molar-refractivity contribution >= 4 is 21.7 Å². The second kappa shape index (κ2) is 6.04. The summed E-state index contributed by atoms with van der Waals surface area (Å²) >= 11 is 3.41. The van der Waals surface area contributed by atoms with Gasteiger partial charge in [0, 0.05) is 12.6 Å². The SMILES string of the molecule is COc1ccc(C(O)Cc2ccnc(N)c2)cc1Br. The summed E-state index contributed by atoms with van der Waals surface area (Å²) in [5.74, 6) is 1.20. The number of aliphatic hydroxyl groups excluding tert-OH is 1. The van der Waals surface area contributed by atoms with Crippen LogP contribution in [0.4, 0.5) is 5.82 Å². The molecule has 1 unspecified atom stereocenters. The van der Waals surface area contributed by atoms with E-state index in [1.54, 1.807) is 19.4 Å². The van der Waals surface area contributed by atoms with Gasteiger partial charge < -0.3 is 15.6 Å². The fourth-order valence-corrected chi connectivity index (χ4v) is 2.41. The van der Waals surface area contributed by atoms with Crippen LogP contribution in [-0.2, 0) is 6.42 Å². The van der Waals surface area contributed by atoms with Crippen molar-refractivity contribution in [2.24, 2.45) is 0 Å². The molecule has 0 aliphatic rings. The second-order valence-corrected chi connectivity index (χ2v) is 5.06. The number of pyridine rings is 1. The molecule has 0 radical (unpaired) electrons. The molecule has 0 aliphatic carbocycles. The van der Waals surface area contributed by atoms with E-state index in [1.807, 2.05) is 24.3 Å². The van der Waals surface area contributed by atoms with Crippen LogP contribution in [-0.4, -0.2) is 17.2 Å². The Bertz CT molecular complexity index is 575. The Morgan fingerprint density at radius 2 is 2.16 bits per heavy atom. The quantitative estimate of drug-likeness (QED) is 0.908. The molecule has 3 N–H and O–H groups in total. The number of hydrogen-bond acceptors (Lipinski definition) is 4. The zero-order valence-electron chi connectivity index (χ0n) is 10.5. The molecule has 2 rings (SSSR count). The molecule has 100 valence electrons. The molecule has 5 heteroatoms. The van der Waals surface area contributed by atoms with Crippen LogP contribution >= 0.6 is 15.9 Å². The highest BCUT2D eigenvalue weighted by Gasteiger charge is 2.11. The second-order valence-electron chi connectivity index (χ2n) is 4.20. The van der Waals surface area contributed by atoms with E-state index >= 15 is 0 Å². The number of benzene rings is 1. The Kier molecular flexibility index (Phi) is 4.39. The van der Waals surface area contributed by atoms with Crippen LogP contribution in [0.2, 0.25) is 0 Å². The molecule has 0 saturated heterocycles. The van der Waals surface area contributed by atoms with Crippen molar-refractivity contribution in [3.05, 3.63) is 52.1 Å². The summed E-state index contributed by atoms with van der Waals surface area (Å²) in [6, 6.07) is 9.14. The fourth-order valence-electron chi connectivity index (χ4n) is 1.85. The lowest BCUT2D eigenvalue weighted by Gasteiger charge is -2.13. The minimum absolute atomic E-state index is 0.459.